The molecule has 0 amide bonds. The molecule has 18 heavy (non-hydrogen) atoms. The average Bonchev–Trinajstić information content (AvgIpc) is 2.29. The van der Waals surface area contributed by atoms with Crippen LogP contribution in [0.25, 0.3) is 0 Å². The second-order valence-corrected chi connectivity index (χ2v) is 6.58. The van der Waals surface area contributed by atoms with Crippen LogP contribution in [-0.2, 0) is 6.54 Å². The number of hydrogen-bond acceptors (Lipinski definition) is 2. The number of nitrogens with zero attached hydrogens (tertiary/aromatic N) is 1. The summed E-state index contributed by atoms with van der Waals surface area (Å²) in [5.74, 6) is 0. The van der Waals surface area contributed by atoms with Crippen LogP contribution in [0.2, 0.25) is 0 Å². The van der Waals surface area contributed by atoms with Gasteiger partial charge in [0, 0.05) is 13.1 Å². The summed E-state index contributed by atoms with van der Waals surface area (Å²) in [4.78, 5) is 2.38. The number of hydrogen-bond donors (Lipinski definition) is 1. The molecule has 1 heterocycles. The zero-order valence-electron chi connectivity index (χ0n) is 11.8. The number of rotatable bonds is 2. The van der Waals surface area contributed by atoms with Gasteiger partial charge in [-0.2, -0.15) is 0 Å². The van der Waals surface area contributed by atoms with E-state index < -0.39 is 5.60 Å². The third-order valence-corrected chi connectivity index (χ3v) is 4.19. The Balaban J connectivity index is 2.04. The van der Waals surface area contributed by atoms with Crippen molar-refractivity contribution in [1.29, 1.82) is 0 Å². The van der Waals surface area contributed by atoms with E-state index in [0.29, 0.717) is 0 Å². The van der Waals surface area contributed by atoms with Crippen LogP contribution >= 0.6 is 0 Å². The fourth-order valence-electron chi connectivity index (χ4n) is 2.71. The topological polar surface area (TPSA) is 23.5 Å². The van der Waals surface area contributed by atoms with Crippen LogP contribution < -0.4 is 0 Å². The molecular formula is C16H25NO. The molecule has 0 aromatic heterocycles. The number of β-amino-alcohol motifs (C(OH)–C–C–N with tert-alkyl or cyclic N) is 1. The van der Waals surface area contributed by atoms with E-state index >= 15 is 0 Å². The Hall–Kier alpha value is -0.860. The van der Waals surface area contributed by atoms with Crippen molar-refractivity contribution in [2.75, 3.05) is 13.1 Å². The van der Waals surface area contributed by atoms with Gasteiger partial charge >= 0.3 is 0 Å². The van der Waals surface area contributed by atoms with Crippen molar-refractivity contribution in [3.8, 4) is 0 Å². The van der Waals surface area contributed by atoms with Gasteiger partial charge in [0.25, 0.3) is 0 Å². The Kier molecular flexibility index (Phi) is 3.79. The summed E-state index contributed by atoms with van der Waals surface area (Å²) in [5.41, 5.74) is 0.721. The highest BCUT2D eigenvalue weighted by Gasteiger charge is 2.42. The number of piperidine rings is 1. The first-order chi connectivity index (χ1) is 8.41. The van der Waals surface area contributed by atoms with E-state index in [1.807, 2.05) is 6.07 Å². The van der Waals surface area contributed by atoms with Gasteiger partial charge in [0.2, 0.25) is 0 Å². The third kappa shape index (κ3) is 2.93. The third-order valence-electron chi connectivity index (χ3n) is 4.19. The van der Waals surface area contributed by atoms with Crippen LogP contribution in [-0.4, -0.2) is 28.7 Å². The lowest BCUT2D eigenvalue weighted by Crippen LogP contribution is -2.55. The van der Waals surface area contributed by atoms with Gasteiger partial charge < -0.3 is 5.11 Å². The summed E-state index contributed by atoms with van der Waals surface area (Å²) in [6.07, 6.45) is 2.00. The number of aliphatic hydroxyl groups is 1. The second kappa shape index (κ2) is 5.02. The summed E-state index contributed by atoms with van der Waals surface area (Å²) in [6, 6.07) is 10.5. The quantitative estimate of drug-likeness (QED) is 0.868. The predicted molar refractivity (Wildman–Crippen MR) is 75.4 cm³/mol. The number of benzene rings is 1. The van der Waals surface area contributed by atoms with Crippen LogP contribution in [0.15, 0.2) is 30.3 Å². The molecule has 0 spiro atoms. The molecule has 2 heteroatoms. The van der Waals surface area contributed by atoms with Crippen LogP contribution in [0.3, 0.4) is 0 Å². The van der Waals surface area contributed by atoms with Crippen LogP contribution in [0.5, 0.6) is 0 Å². The highest BCUT2D eigenvalue weighted by molar-refractivity contribution is 5.14. The van der Waals surface area contributed by atoms with Crippen molar-refractivity contribution >= 4 is 0 Å². The van der Waals surface area contributed by atoms with Crippen LogP contribution in [0, 0.1) is 5.41 Å². The molecule has 1 aromatic rings. The molecule has 1 aliphatic rings. The van der Waals surface area contributed by atoms with Gasteiger partial charge in [-0.1, -0.05) is 51.1 Å². The maximum absolute atomic E-state index is 10.8. The highest BCUT2D eigenvalue weighted by Crippen LogP contribution is 2.37. The molecule has 1 aliphatic heterocycles. The molecule has 0 aliphatic carbocycles. The summed E-state index contributed by atoms with van der Waals surface area (Å²) in [6.45, 7) is 9.23. The van der Waals surface area contributed by atoms with Crippen LogP contribution in [0.4, 0.5) is 0 Å². The Morgan fingerprint density at radius 1 is 1.22 bits per heavy atom. The molecular weight excluding hydrogens is 222 g/mol. The molecule has 0 saturated carbocycles. The Labute approximate surface area is 111 Å². The monoisotopic (exact) mass is 247 g/mol. The SMILES string of the molecule is CC(C)(C)C1(O)CCCN(Cc2ccccc2)C1. The minimum Gasteiger partial charge on any atom is -0.388 e. The minimum atomic E-state index is -0.556. The zero-order valence-corrected chi connectivity index (χ0v) is 11.8. The van der Waals surface area contributed by atoms with Crippen molar-refractivity contribution in [2.45, 2.75) is 45.8 Å². The molecule has 2 nitrogen and oxygen atoms in total. The summed E-state index contributed by atoms with van der Waals surface area (Å²) < 4.78 is 0. The minimum absolute atomic E-state index is 0.0532. The van der Waals surface area contributed by atoms with E-state index in [4.69, 9.17) is 0 Å². The van der Waals surface area contributed by atoms with Gasteiger partial charge in [0.1, 0.15) is 0 Å². The van der Waals surface area contributed by atoms with Gasteiger partial charge in [0.05, 0.1) is 5.60 Å². The zero-order chi connectivity index (χ0) is 13.2. The molecule has 1 unspecified atom stereocenters. The van der Waals surface area contributed by atoms with E-state index in [9.17, 15) is 5.11 Å². The summed E-state index contributed by atoms with van der Waals surface area (Å²) in [5, 5.41) is 10.8. The summed E-state index contributed by atoms with van der Waals surface area (Å²) >= 11 is 0. The largest absolute Gasteiger partial charge is 0.388 e. The second-order valence-electron chi connectivity index (χ2n) is 6.58. The van der Waals surface area contributed by atoms with Gasteiger partial charge in [-0.15, -0.1) is 0 Å². The Morgan fingerprint density at radius 3 is 2.50 bits per heavy atom. The van der Waals surface area contributed by atoms with Crippen molar-refractivity contribution < 1.29 is 5.11 Å². The number of likely N-dealkylation sites (tertiary alicyclic amines) is 1. The van der Waals surface area contributed by atoms with Crippen molar-refractivity contribution in [3.63, 3.8) is 0 Å². The van der Waals surface area contributed by atoms with Gasteiger partial charge in [-0.05, 0) is 30.4 Å². The van der Waals surface area contributed by atoms with E-state index in [0.717, 1.165) is 32.5 Å². The Morgan fingerprint density at radius 2 is 1.89 bits per heavy atom. The molecule has 100 valence electrons. The lowest BCUT2D eigenvalue weighted by atomic mass is 9.72. The molecule has 1 N–H and O–H groups in total. The van der Waals surface area contributed by atoms with Crippen molar-refractivity contribution in [3.05, 3.63) is 35.9 Å². The normalized spacial score (nSPS) is 26.2. The van der Waals surface area contributed by atoms with Gasteiger partial charge in [-0.25, -0.2) is 0 Å². The lowest BCUT2D eigenvalue weighted by molar-refractivity contribution is -0.107. The van der Waals surface area contributed by atoms with Gasteiger partial charge in [-0.3, -0.25) is 4.90 Å². The lowest BCUT2D eigenvalue weighted by Gasteiger charge is -2.47. The predicted octanol–water partition coefficient (Wildman–Crippen LogP) is 3.06. The first-order valence-electron chi connectivity index (χ1n) is 6.89. The Bertz CT molecular complexity index is 382. The van der Waals surface area contributed by atoms with Crippen LogP contribution in [0.1, 0.15) is 39.2 Å². The average molecular weight is 247 g/mol. The first-order valence-corrected chi connectivity index (χ1v) is 6.89. The maximum Gasteiger partial charge on any atom is 0.0822 e. The van der Waals surface area contributed by atoms with E-state index in [-0.39, 0.29) is 5.41 Å². The molecule has 1 aromatic carbocycles. The van der Waals surface area contributed by atoms with E-state index in [2.05, 4.69) is 49.9 Å². The van der Waals surface area contributed by atoms with Crippen molar-refractivity contribution in [2.24, 2.45) is 5.41 Å². The molecule has 0 bridgehead atoms. The van der Waals surface area contributed by atoms with E-state index in [1.165, 1.54) is 5.56 Å². The maximum atomic E-state index is 10.8. The van der Waals surface area contributed by atoms with Gasteiger partial charge in [0.15, 0.2) is 0 Å². The van der Waals surface area contributed by atoms with E-state index in [1.54, 1.807) is 0 Å². The molecule has 1 fully saturated rings. The highest BCUT2D eigenvalue weighted by atomic mass is 16.3. The molecule has 1 saturated heterocycles. The smallest absolute Gasteiger partial charge is 0.0822 e. The van der Waals surface area contributed by atoms with Crippen molar-refractivity contribution in [1.82, 2.24) is 4.90 Å². The summed E-state index contributed by atoms with van der Waals surface area (Å²) in [7, 11) is 0. The molecule has 2 rings (SSSR count). The molecule has 1 atom stereocenters. The fourth-order valence-corrected chi connectivity index (χ4v) is 2.71. The first kappa shape index (κ1) is 13.6. The fraction of sp³-hybridized carbons (Fsp3) is 0.625. The molecule has 0 radical (unpaired) electrons. The standard InChI is InChI=1S/C16H25NO/c1-15(2,3)16(18)10-7-11-17(13-16)12-14-8-5-4-6-9-14/h4-6,8-9,18H,7,10-13H2,1-3H3.